The number of ketones is 1. The monoisotopic (exact) mass is 454 g/mol. The molecule has 2 N–H and O–H groups in total. The van der Waals surface area contributed by atoms with Crippen molar-refractivity contribution in [3.8, 4) is 0 Å². The van der Waals surface area contributed by atoms with Gasteiger partial charge in [0, 0.05) is 0 Å². The summed E-state index contributed by atoms with van der Waals surface area (Å²) in [5, 5.41) is 19.7. The van der Waals surface area contributed by atoms with Crippen molar-refractivity contribution in [1.82, 2.24) is 0 Å². The van der Waals surface area contributed by atoms with Crippen LogP contribution in [0, 0.1) is 0 Å². The highest BCUT2D eigenvalue weighted by Gasteiger charge is 2.41. The number of aliphatic carboxylic acids is 1. The Kier molecular flexibility index (Phi) is 17.6. The van der Waals surface area contributed by atoms with Crippen molar-refractivity contribution < 1.29 is 24.3 Å². The van der Waals surface area contributed by atoms with E-state index < -0.39 is 23.8 Å². The number of carbonyl (C=O) groups excluding carboxylic acids is 1. The van der Waals surface area contributed by atoms with Crippen LogP contribution in [0.4, 0.5) is 0 Å². The molecule has 0 aliphatic carbocycles. The smallest absolute Gasteiger partial charge is 0.307 e. The molecule has 0 radical (unpaired) electrons. The average Bonchev–Trinajstić information content (AvgIpc) is 2.68. The van der Waals surface area contributed by atoms with E-state index in [2.05, 4.69) is 6.92 Å². The molecule has 5 nitrogen and oxygen atoms in total. The number of carboxylic acid groups (broad SMARTS) is 1. The molecule has 0 aliphatic rings. The summed E-state index contributed by atoms with van der Waals surface area (Å²) in [5.41, 5.74) is -1.85. The van der Waals surface area contributed by atoms with E-state index in [4.69, 9.17) is 5.11 Å². The lowest BCUT2D eigenvalue weighted by Gasteiger charge is -2.33. The quantitative estimate of drug-likeness (QED) is 0.115. The zero-order valence-corrected chi connectivity index (χ0v) is 21.5. The van der Waals surface area contributed by atoms with Gasteiger partial charge in [-0.2, -0.15) is 0 Å². The predicted molar refractivity (Wildman–Crippen MR) is 134 cm³/mol. The molecule has 0 bridgehead atoms. The van der Waals surface area contributed by atoms with Crippen molar-refractivity contribution in [1.29, 1.82) is 0 Å². The minimum Gasteiger partial charge on any atom is -0.481 e. The van der Waals surface area contributed by atoms with Crippen molar-refractivity contribution in [2.75, 3.05) is 27.7 Å². The Bertz CT molecular complexity index is 524. The van der Waals surface area contributed by atoms with Crippen LogP contribution >= 0.6 is 0 Å². The Morgan fingerprint density at radius 3 is 1.53 bits per heavy atom. The number of unbranched alkanes of at least 4 members (excludes halogenated alkanes) is 15. The molecule has 0 aromatic rings. The van der Waals surface area contributed by atoms with Crippen LogP contribution in [-0.4, -0.2) is 59.7 Å². The van der Waals surface area contributed by atoms with Gasteiger partial charge in [0.1, 0.15) is 6.54 Å². The Morgan fingerprint density at radius 2 is 1.16 bits per heavy atom. The predicted octanol–water partition coefficient (Wildman–Crippen LogP) is 6.29. The minimum absolute atomic E-state index is 0.0709. The summed E-state index contributed by atoms with van der Waals surface area (Å²) in [5.74, 6) is -1.67. The fourth-order valence-electron chi connectivity index (χ4n) is 4.23. The van der Waals surface area contributed by atoms with Crippen molar-refractivity contribution >= 4 is 11.8 Å². The maximum Gasteiger partial charge on any atom is 0.307 e. The summed E-state index contributed by atoms with van der Waals surface area (Å²) in [4.78, 5) is 23.5. The van der Waals surface area contributed by atoms with Crippen molar-refractivity contribution in [2.45, 2.75) is 122 Å². The molecule has 0 aromatic heterocycles. The van der Waals surface area contributed by atoms with Crippen LogP contribution in [0.15, 0.2) is 12.2 Å². The number of nitrogens with zero attached hydrogens (tertiary/aromatic N) is 1. The van der Waals surface area contributed by atoms with E-state index in [1.54, 1.807) is 6.08 Å². The Hall–Kier alpha value is -1.20. The van der Waals surface area contributed by atoms with Crippen LogP contribution in [0.5, 0.6) is 0 Å². The molecule has 0 amide bonds. The molecule has 32 heavy (non-hydrogen) atoms. The summed E-state index contributed by atoms with van der Waals surface area (Å²) < 4.78 is 0.322. The molecule has 0 heterocycles. The highest BCUT2D eigenvalue weighted by molar-refractivity contribution is 5.99. The zero-order chi connectivity index (χ0) is 24.3. The lowest BCUT2D eigenvalue weighted by molar-refractivity contribution is -0.875. The second-order valence-electron chi connectivity index (χ2n) is 10.6. The van der Waals surface area contributed by atoms with Crippen LogP contribution in [0.3, 0.4) is 0 Å². The maximum atomic E-state index is 12.4. The Balaban J connectivity index is 3.78. The second-order valence-corrected chi connectivity index (χ2v) is 10.6. The van der Waals surface area contributed by atoms with Gasteiger partial charge in [-0.3, -0.25) is 9.59 Å². The Morgan fingerprint density at radius 1 is 0.750 bits per heavy atom. The fourth-order valence-corrected chi connectivity index (χ4v) is 4.23. The molecule has 0 fully saturated rings. The largest absolute Gasteiger partial charge is 0.481 e. The van der Waals surface area contributed by atoms with E-state index in [1.807, 2.05) is 21.1 Å². The molecule has 0 aromatic carbocycles. The number of aliphatic hydroxyl groups is 1. The second kappa shape index (κ2) is 18.3. The molecule has 0 rings (SSSR count). The number of likely N-dealkylation sites (N-methyl/N-ethyl adjacent to an activating group) is 1. The summed E-state index contributed by atoms with van der Waals surface area (Å²) in [6.45, 7) is 2.34. The standard InChI is InChI=1S/C27H51NO4/c1-5-6-7-8-9-10-11-12-13-14-15-16-17-18-19-20-21-22-25(29)27(32,23-26(30)31)24-28(2,3)4/h21-22,32H,5-20,23-24H2,1-4H3/p+1. The molecule has 5 heteroatoms. The van der Waals surface area contributed by atoms with E-state index in [1.165, 1.54) is 89.5 Å². The van der Waals surface area contributed by atoms with E-state index >= 15 is 0 Å². The third-order valence-electron chi connectivity index (χ3n) is 5.88. The normalized spacial score (nSPS) is 14.0. The fraction of sp³-hybridized carbons (Fsp3) is 0.852. The zero-order valence-electron chi connectivity index (χ0n) is 21.5. The first-order valence-corrected chi connectivity index (χ1v) is 13.1. The average molecular weight is 455 g/mol. The van der Waals surface area contributed by atoms with Crippen LogP contribution in [0.25, 0.3) is 0 Å². The van der Waals surface area contributed by atoms with Gasteiger partial charge in [0.2, 0.25) is 0 Å². The highest BCUT2D eigenvalue weighted by Crippen LogP contribution is 2.18. The van der Waals surface area contributed by atoms with Crippen LogP contribution < -0.4 is 0 Å². The van der Waals surface area contributed by atoms with Crippen LogP contribution in [0.2, 0.25) is 0 Å². The van der Waals surface area contributed by atoms with Gasteiger partial charge in [0.15, 0.2) is 11.4 Å². The molecule has 0 spiro atoms. The van der Waals surface area contributed by atoms with E-state index in [-0.39, 0.29) is 6.54 Å². The van der Waals surface area contributed by atoms with Gasteiger partial charge in [-0.05, 0) is 18.9 Å². The van der Waals surface area contributed by atoms with E-state index in [0.29, 0.717) is 4.48 Å². The van der Waals surface area contributed by atoms with Gasteiger partial charge in [-0.1, -0.05) is 103 Å². The molecule has 188 valence electrons. The molecule has 0 aliphatic heterocycles. The highest BCUT2D eigenvalue weighted by atomic mass is 16.4. The number of hydrogen-bond donors (Lipinski definition) is 2. The first kappa shape index (κ1) is 30.8. The molecule has 0 saturated carbocycles. The molecular formula is C27H52NO4+. The number of quaternary nitrogens is 1. The lowest BCUT2D eigenvalue weighted by atomic mass is 9.92. The van der Waals surface area contributed by atoms with Crippen molar-refractivity contribution in [2.24, 2.45) is 0 Å². The molecular weight excluding hydrogens is 402 g/mol. The SMILES string of the molecule is CCCCCCCCCCCCCCCCCC=CC(=O)C(O)(CC(=O)O)C[N+](C)(C)C. The number of rotatable bonds is 22. The summed E-state index contributed by atoms with van der Waals surface area (Å²) in [7, 11) is 5.50. The minimum atomic E-state index is -1.85. The third kappa shape index (κ3) is 18.4. The van der Waals surface area contributed by atoms with Gasteiger partial charge in [0.25, 0.3) is 0 Å². The Labute approximate surface area is 197 Å². The molecule has 0 saturated heterocycles. The number of carboxylic acids is 1. The van der Waals surface area contributed by atoms with Crippen molar-refractivity contribution in [3.05, 3.63) is 12.2 Å². The van der Waals surface area contributed by atoms with Crippen molar-refractivity contribution in [3.63, 3.8) is 0 Å². The topological polar surface area (TPSA) is 74.6 Å². The summed E-state index contributed by atoms with van der Waals surface area (Å²) >= 11 is 0. The number of allylic oxidation sites excluding steroid dienone is 1. The third-order valence-corrected chi connectivity index (χ3v) is 5.88. The first-order chi connectivity index (χ1) is 15.1. The summed E-state index contributed by atoms with van der Waals surface area (Å²) in [6.07, 6.45) is 23.2. The molecule has 1 atom stereocenters. The van der Waals surface area contributed by atoms with E-state index in [0.717, 1.165) is 19.3 Å². The maximum absolute atomic E-state index is 12.4. The van der Waals surface area contributed by atoms with Crippen LogP contribution in [0.1, 0.15) is 116 Å². The first-order valence-electron chi connectivity index (χ1n) is 13.1. The lowest BCUT2D eigenvalue weighted by Crippen LogP contribution is -2.54. The van der Waals surface area contributed by atoms with Gasteiger partial charge < -0.3 is 14.7 Å². The number of carbonyl (C=O) groups is 2. The summed E-state index contributed by atoms with van der Waals surface area (Å²) in [6, 6.07) is 0. The van der Waals surface area contributed by atoms with Gasteiger partial charge in [-0.15, -0.1) is 0 Å². The number of hydrogen-bond acceptors (Lipinski definition) is 3. The van der Waals surface area contributed by atoms with Gasteiger partial charge in [-0.25, -0.2) is 0 Å². The van der Waals surface area contributed by atoms with E-state index in [9.17, 15) is 14.7 Å². The molecule has 1 unspecified atom stereocenters. The van der Waals surface area contributed by atoms with Gasteiger partial charge in [0.05, 0.1) is 27.6 Å². The van der Waals surface area contributed by atoms with Crippen LogP contribution in [-0.2, 0) is 9.59 Å². The van der Waals surface area contributed by atoms with Gasteiger partial charge >= 0.3 is 5.97 Å².